The molecule has 0 saturated heterocycles. The van der Waals surface area contributed by atoms with Crippen LogP contribution in [0.1, 0.15) is 29.9 Å². The van der Waals surface area contributed by atoms with E-state index in [1.807, 2.05) is 36.4 Å². The van der Waals surface area contributed by atoms with Gasteiger partial charge in [0.25, 0.3) is 0 Å². The number of hydrogen-bond donors (Lipinski definition) is 2. The van der Waals surface area contributed by atoms with Gasteiger partial charge in [-0.3, -0.25) is 14.4 Å². The standard InChI is InChI=1S/C21H20N2O4/c24-19(12-23-18-4-2-1-3-14(18)7-10-20(23)25)22-15-8-5-13(6-9-15)16-11-17(16)21(26)27/h1-6,8-9,16-17H,7,10-12H2,(H,22,24)(H,26,27)/t16-,17+/m0/s1. The normalized spacial score (nSPS) is 20.7. The number of anilines is 2. The van der Waals surface area contributed by atoms with Crippen LogP contribution in [-0.4, -0.2) is 29.4 Å². The second-order valence-electron chi connectivity index (χ2n) is 7.07. The molecule has 1 saturated carbocycles. The average molecular weight is 364 g/mol. The molecule has 6 nitrogen and oxygen atoms in total. The Labute approximate surface area is 156 Å². The number of nitrogens with one attached hydrogen (secondary N) is 1. The SMILES string of the molecule is O=C(CN1C(=O)CCc2ccccc21)Nc1ccc([C@@H]2C[C@H]2C(=O)O)cc1. The number of carbonyl (C=O) groups excluding carboxylic acids is 2. The van der Waals surface area contributed by atoms with E-state index in [0.717, 1.165) is 16.8 Å². The zero-order valence-electron chi connectivity index (χ0n) is 14.7. The average Bonchev–Trinajstić information content (AvgIpc) is 3.46. The van der Waals surface area contributed by atoms with Crippen LogP contribution in [-0.2, 0) is 20.8 Å². The van der Waals surface area contributed by atoms with E-state index in [2.05, 4.69) is 5.32 Å². The number of fused-ring (bicyclic) bond motifs is 1. The number of aliphatic carboxylic acids is 1. The van der Waals surface area contributed by atoms with Crippen LogP contribution >= 0.6 is 0 Å². The van der Waals surface area contributed by atoms with Gasteiger partial charge >= 0.3 is 5.97 Å². The number of carbonyl (C=O) groups is 3. The minimum absolute atomic E-state index is 0.0265. The second-order valence-corrected chi connectivity index (χ2v) is 7.07. The zero-order chi connectivity index (χ0) is 19.0. The van der Waals surface area contributed by atoms with Gasteiger partial charge in [-0.1, -0.05) is 30.3 Å². The number of benzene rings is 2. The predicted octanol–water partition coefficient (Wildman–Crippen LogP) is 2.79. The van der Waals surface area contributed by atoms with Gasteiger partial charge in [0.2, 0.25) is 11.8 Å². The van der Waals surface area contributed by atoms with Crippen molar-refractivity contribution in [2.75, 3.05) is 16.8 Å². The van der Waals surface area contributed by atoms with Gasteiger partial charge in [-0.05, 0) is 48.1 Å². The Morgan fingerprint density at radius 2 is 1.81 bits per heavy atom. The molecule has 2 N–H and O–H groups in total. The predicted molar refractivity (Wildman–Crippen MR) is 101 cm³/mol. The molecule has 0 unspecified atom stereocenters. The lowest BCUT2D eigenvalue weighted by atomic mass is 10.0. The van der Waals surface area contributed by atoms with Crippen molar-refractivity contribution >= 4 is 29.2 Å². The second kappa shape index (κ2) is 6.87. The first-order chi connectivity index (χ1) is 13.0. The lowest BCUT2D eigenvalue weighted by Gasteiger charge is -2.28. The largest absolute Gasteiger partial charge is 0.481 e. The maximum absolute atomic E-state index is 12.4. The minimum atomic E-state index is -0.760. The van der Waals surface area contributed by atoms with Crippen molar-refractivity contribution < 1.29 is 19.5 Å². The highest BCUT2D eigenvalue weighted by molar-refractivity contribution is 6.04. The molecule has 2 aliphatic rings. The van der Waals surface area contributed by atoms with Crippen LogP contribution in [0.25, 0.3) is 0 Å². The summed E-state index contributed by atoms with van der Waals surface area (Å²) in [4.78, 5) is 37.2. The van der Waals surface area contributed by atoms with Gasteiger partial charge in [-0.2, -0.15) is 0 Å². The molecule has 138 valence electrons. The van der Waals surface area contributed by atoms with Crippen LogP contribution in [0.15, 0.2) is 48.5 Å². The number of para-hydroxylation sites is 1. The monoisotopic (exact) mass is 364 g/mol. The molecule has 1 fully saturated rings. The van der Waals surface area contributed by atoms with Crippen molar-refractivity contribution in [1.29, 1.82) is 0 Å². The zero-order valence-corrected chi connectivity index (χ0v) is 14.7. The lowest BCUT2D eigenvalue weighted by Crippen LogP contribution is -2.40. The highest BCUT2D eigenvalue weighted by Gasteiger charge is 2.44. The topological polar surface area (TPSA) is 86.7 Å². The van der Waals surface area contributed by atoms with Gasteiger partial charge in [-0.15, -0.1) is 0 Å². The van der Waals surface area contributed by atoms with Crippen molar-refractivity contribution in [3.63, 3.8) is 0 Å². The van der Waals surface area contributed by atoms with Crippen molar-refractivity contribution in [1.82, 2.24) is 0 Å². The Hall–Kier alpha value is -3.15. The molecular formula is C21H20N2O4. The summed E-state index contributed by atoms with van der Waals surface area (Å²) in [6.45, 7) is -0.0265. The van der Waals surface area contributed by atoms with Gasteiger partial charge < -0.3 is 15.3 Å². The first-order valence-corrected chi connectivity index (χ1v) is 9.04. The van der Waals surface area contributed by atoms with Crippen molar-refractivity contribution in [2.24, 2.45) is 5.92 Å². The molecule has 6 heteroatoms. The number of rotatable bonds is 5. The van der Waals surface area contributed by atoms with Gasteiger partial charge in [-0.25, -0.2) is 0 Å². The Morgan fingerprint density at radius 3 is 2.52 bits per heavy atom. The Kier molecular flexibility index (Phi) is 4.39. The highest BCUT2D eigenvalue weighted by Crippen LogP contribution is 2.47. The molecule has 1 aliphatic heterocycles. The summed E-state index contributed by atoms with van der Waals surface area (Å²) in [7, 11) is 0. The summed E-state index contributed by atoms with van der Waals surface area (Å²) in [5.41, 5.74) is 3.48. The van der Waals surface area contributed by atoms with E-state index in [-0.39, 0.29) is 30.2 Å². The van der Waals surface area contributed by atoms with E-state index in [4.69, 9.17) is 5.11 Å². The van der Waals surface area contributed by atoms with Crippen LogP contribution in [0.2, 0.25) is 0 Å². The van der Waals surface area contributed by atoms with Crippen LogP contribution in [0, 0.1) is 5.92 Å². The van der Waals surface area contributed by atoms with Gasteiger partial charge in [0.1, 0.15) is 6.54 Å². The number of carboxylic acids is 1. The fourth-order valence-electron chi connectivity index (χ4n) is 3.66. The first-order valence-electron chi connectivity index (χ1n) is 9.04. The number of nitrogens with zero attached hydrogens (tertiary/aromatic N) is 1. The van der Waals surface area contributed by atoms with Gasteiger partial charge in [0, 0.05) is 17.8 Å². The molecule has 2 aromatic carbocycles. The molecular weight excluding hydrogens is 344 g/mol. The van der Waals surface area contributed by atoms with E-state index in [9.17, 15) is 14.4 Å². The first kappa shape index (κ1) is 17.3. The highest BCUT2D eigenvalue weighted by atomic mass is 16.4. The van der Waals surface area contributed by atoms with E-state index in [0.29, 0.717) is 24.9 Å². The van der Waals surface area contributed by atoms with Crippen LogP contribution in [0.3, 0.4) is 0 Å². The maximum Gasteiger partial charge on any atom is 0.307 e. The molecule has 0 bridgehead atoms. The Bertz CT molecular complexity index is 907. The summed E-state index contributed by atoms with van der Waals surface area (Å²) >= 11 is 0. The summed E-state index contributed by atoms with van der Waals surface area (Å²) in [5.74, 6) is -1.30. The van der Waals surface area contributed by atoms with E-state index < -0.39 is 5.97 Å². The molecule has 2 aromatic rings. The summed E-state index contributed by atoms with van der Waals surface area (Å²) in [6.07, 6.45) is 1.77. The van der Waals surface area contributed by atoms with Crippen molar-refractivity contribution in [3.8, 4) is 0 Å². The molecule has 2 amide bonds. The molecule has 1 heterocycles. The summed E-state index contributed by atoms with van der Waals surface area (Å²) in [5, 5.41) is 11.8. The quantitative estimate of drug-likeness (QED) is 0.854. The number of hydrogen-bond acceptors (Lipinski definition) is 3. The van der Waals surface area contributed by atoms with Crippen LogP contribution < -0.4 is 10.2 Å². The van der Waals surface area contributed by atoms with E-state index in [1.54, 1.807) is 12.1 Å². The van der Waals surface area contributed by atoms with Crippen LogP contribution in [0.4, 0.5) is 11.4 Å². The van der Waals surface area contributed by atoms with E-state index >= 15 is 0 Å². The molecule has 0 spiro atoms. The number of carboxylic acid groups (broad SMARTS) is 1. The molecule has 1 aliphatic carbocycles. The number of aryl methyl sites for hydroxylation is 1. The van der Waals surface area contributed by atoms with Crippen LogP contribution in [0.5, 0.6) is 0 Å². The van der Waals surface area contributed by atoms with Crippen molar-refractivity contribution in [3.05, 3.63) is 59.7 Å². The third-order valence-electron chi connectivity index (χ3n) is 5.22. The molecule has 2 atom stereocenters. The molecule has 4 rings (SSSR count). The minimum Gasteiger partial charge on any atom is -0.481 e. The third-order valence-corrected chi connectivity index (χ3v) is 5.22. The molecule has 0 aromatic heterocycles. The van der Waals surface area contributed by atoms with Gasteiger partial charge in [0.15, 0.2) is 0 Å². The summed E-state index contributed by atoms with van der Waals surface area (Å²) < 4.78 is 0. The molecule has 0 radical (unpaired) electrons. The smallest absolute Gasteiger partial charge is 0.307 e. The molecule has 27 heavy (non-hydrogen) atoms. The Morgan fingerprint density at radius 1 is 1.07 bits per heavy atom. The van der Waals surface area contributed by atoms with Crippen molar-refractivity contribution in [2.45, 2.75) is 25.2 Å². The fourth-order valence-corrected chi connectivity index (χ4v) is 3.66. The maximum atomic E-state index is 12.4. The third kappa shape index (κ3) is 3.56. The lowest BCUT2D eigenvalue weighted by molar-refractivity contribution is -0.138. The fraction of sp³-hybridized carbons (Fsp3) is 0.286. The van der Waals surface area contributed by atoms with E-state index in [1.165, 1.54) is 4.90 Å². The Balaban J connectivity index is 1.40. The summed E-state index contributed by atoms with van der Waals surface area (Å²) in [6, 6.07) is 14.9. The van der Waals surface area contributed by atoms with Gasteiger partial charge in [0.05, 0.1) is 5.92 Å². The number of amides is 2.